The van der Waals surface area contributed by atoms with Gasteiger partial charge in [0.2, 0.25) is 11.8 Å². The Morgan fingerprint density at radius 2 is 1.62 bits per heavy atom. The van der Waals surface area contributed by atoms with Crippen molar-refractivity contribution in [2.75, 3.05) is 16.8 Å². The molecule has 1 unspecified atom stereocenters. The zero-order valence-electron chi connectivity index (χ0n) is 13.9. The average Bonchev–Trinajstić information content (AvgIpc) is 2.59. The van der Waals surface area contributed by atoms with E-state index in [0.29, 0.717) is 11.3 Å². The molecule has 2 N–H and O–H groups in total. The summed E-state index contributed by atoms with van der Waals surface area (Å²) in [5.41, 5.74) is 0.907. The first-order chi connectivity index (χ1) is 12.3. The second kappa shape index (κ2) is 9.28. The van der Waals surface area contributed by atoms with Gasteiger partial charge < -0.3 is 10.6 Å². The Morgan fingerprint density at radius 1 is 0.962 bits per heavy atom. The molecule has 0 aliphatic rings. The van der Waals surface area contributed by atoms with Crippen LogP contribution in [0.1, 0.15) is 18.5 Å². The molecule has 0 spiro atoms. The van der Waals surface area contributed by atoms with E-state index in [1.165, 1.54) is 30.3 Å². The number of hydrogen-bond donors (Lipinski definition) is 2. The summed E-state index contributed by atoms with van der Waals surface area (Å²) in [6.07, 6.45) is 0. The summed E-state index contributed by atoms with van der Waals surface area (Å²) < 4.78 is 38.9. The van der Waals surface area contributed by atoms with Crippen molar-refractivity contribution >= 4 is 29.3 Å². The van der Waals surface area contributed by atoms with Crippen molar-refractivity contribution in [3.05, 3.63) is 65.5 Å². The summed E-state index contributed by atoms with van der Waals surface area (Å²) in [5.74, 6) is -2.89. The van der Waals surface area contributed by atoms with E-state index in [1.807, 2.05) is 0 Å². The highest BCUT2D eigenvalue weighted by atomic mass is 32.2. The van der Waals surface area contributed by atoms with Crippen molar-refractivity contribution in [2.24, 2.45) is 0 Å². The van der Waals surface area contributed by atoms with Crippen LogP contribution in [0.15, 0.2) is 42.5 Å². The van der Waals surface area contributed by atoms with Crippen molar-refractivity contribution in [1.82, 2.24) is 5.32 Å². The highest BCUT2D eigenvalue weighted by molar-refractivity contribution is 8.00. The fourth-order valence-electron chi connectivity index (χ4n) is 2.11. The van der Waals surface area contributed by atoms with E-state index < -0.39 is 23.5 Å². The Kier molecular flexibility index (Phi) is 7.08. The lowest BCUT2D eigenvalue weighted by Crippen LogP contribution is -2.29. The van der Waals surface area contributed by atoms with Gasteiger partial charge in [0.25, 0.3) is 0 Å². The predicted octanol–water partition coefficient (Wildman–Crippen LogP) is 3.65. The average molecular weight is 382 g/mol. The van der Waals surface area contributed by atoms with E-state index in [0.717, 1.165) is 23.9 Å². The Bertz CT molecular complexity index is 785. The lowest BCUT2D eigenvalue weighted by molar-refractivity contribution is -0.119. The topological polar surface area (TPSA) is 58.2 Å². The summed E-state index contributed by atoms with van der Waals surface area (Å²) in [6.45, 7) is 1.65. The van der Waals surface area contributed by atoms with E-state index in [9.17, 15) is 22.8 Å². The van der Waals surface area contributed by atoms with Crippen molar-refractivity contribution in [3.8, 4) is 0 Å². The summed E-state index contributed by atoms with van der Waals surface area (Å²) in [6, 6.07) is 8.28. The molecule has 4 nitrogen and oxygen atoms in total. The van der Waals surface area contributed by atoms with Crippen LogP contribution in [0.5, 0.6) is 0 Å². The molecule has 26 heavy (non-hydrogen) atoms. The Labute approximate surface area is 153 Å². The monoisotopic (exact) mass is 382 g/mol. The smallest absolute Gasteiger partial charge is 0.234 e. The third-order valence-corrected chi connectivity index (χ3v) is 4.35. The fraction of sp³-hybridized carbons (Fsp3) is 0.222. The van der Waals surface area contributed by atoms with Gasteiger partial charge in [-0.3, -0.25) is 9.59 Å². The molecule has 2 amide bonds. The van der Waals surface area contributed by atoms with Gasteiger partial charge in [-0.2, -0.15) is 0 Å². The first-order valence-electron chi connectivity index (χ1n) is 7.72. The number of carbonyl (C=O) groups excluding carboxylic acids is 2. The Hall–Kier alpha value is -2.48. The zero-order valence-corrected chi connectivity index (χ0v) is 14.7. The van der Waals surface area contributed by atoms with E-state index in [4.69, 9.17) is 0 Å². The second-order valence-electron chi connectivity index (χ2n) is 5.51. The van der Waals surface area contributed by atoms with Crippen molar-refractivity contribution in [3.63, 3.8) is 0 Å². The molecular weight excluding hydrogens is 365 g/mol. The highest BCUT2D eigenvalue weighted by Gasteiger charge is 2.13. The molecule has 0 aliphatic carbocycles. The number of halogens is 3. The first kappa shape index (κ1) is 19.8. The van der Waals surface area contributed by atoms with Gasteiger partial charge in [-0.25, -0.2) is 13.2 Å². The molecular formula is C18H17F3N2O2S. The Balaban J connectivity index is 1.73. The summed E-state index contributed by atoms with van der Waals surface area (Å²) in [4.78, 5) is 23.6. The molecule has 8 heteroatoms. The minimum atomic E-state index is -0.976. The number of amides is 2. The normalized spacial score (nSPS) is 11.7. The molecule has 2 rings (SSSR count). The molecule has 1 atom stereocenters. The molecule has 0 bridgehead atoms. The van der Waals surface area contributed by atoms with Gasteiger partial charge in [-0.15, -0.1) is 11.8 Å². The third-order valence-electron chi connectivity index (χ3n) is 3.42. The second-order valence-corrected chi connectivity index (χ2v) is 6.50. The zero-order chi connectivity index (χ0) is 19.1. The van der Waals surface area contributed by atoms with Crippen LogP contribution in [0.4, 0.5) is 18.9 Å². The summed E-state index contributed by atoms with van der Waals surface area (Å²) in [7, 11) is 0. The molecule has 0 aliphatic heterocycles. The standard InChI is InChI=1S/C18H17F3N2O2S/c1-11(12-2-7-15(20)16(21)8-12)22-17(24)9-26-10-18(25)23-14-5-3-13(19)4-6-14/h2-8,11H,9-10H2,1H3,(H,22,24)(H,23,25). The number of carbonyl (C=O) groups is 2. The van der Waals surface area contributed by atoms with Crippen LogP contribution in [0.3, 0.4) is 0 Å². The van der Waals surface area contributed by atoms with Crippen LogP contribution >= 0.6 is 11.8 Å². The maximum Gasteiger partial charge on any atom is 0.234 e. The molecule has 2 aromatic rings. The van der Waals surface area contributed by atoms with Gasteiger partial charge >= 0.3 is 0 Å². The van der Waals surface area contributed by atoms with E-state index in [-0.39, 0.29) is 23.3 Å². The molecule has 2 aromatic carbocycles. The Morgan fingerprint density at radius 3 is 2.27 bits per heavy atom. The van der Waals surface area contributed by atoms with Crippen molar-refractivity contribution in [2.45, 2.75) is 13.0 Å². The summed E-state index contributed by atoms with van der Waals surface area (Å²) >= 11 is 1.10. The number of thioether (sulfide) groups is 1. The van der Waals surface area contributed by atoms with Crippen LogP contribution < -0.4 is 10.6 Å². The van der Waals surface area contributed by atoms with Gasteiger partial charge in [0.15, 0.2) is 11.6 Å². The lowest BCUT2D eigenvalue weighted by atomic mass is 10.1. The van der Waals surface area contributed by atoms with Crippen LogP contribution in [-0.4, -0.2) is 23.3 Å². The van der Waals surface area contributed by atoms with E-state index in [2.05, 4.69) is 10.6 Å². The van der Waals surface area contributed by atoms with Gasteiger partial charge in [-0.05, 0) is 48.9 Å². The molecule has 0 saturated heterocycles. The van der Waals surface area contributed by atoms with Crippen LogP contribution in [0.25, 0.3) is 0 Å². The van der Waals surface area contributed by atoms with Crippen LogP contribution in [0.2, 0.25) is 0 Å². The lowest BCUT2D eigenvalue weighted by Gasteiger charge is -2.14. The number of nitrogens with one attached hydrogen (secondary N) is 2. The molecule has 0 fully saturated rings. The number of benzene rings is 2. The van der Waals surface area contributed by atoms with Gasteiger partial charge in [0.05, 0.1) is 17.5 Å². The third kappa shape index (κ3) is 6.11. The fourth-order valence-corrected chi connectivity index (χ4v) is 2.74. The summed E-state index contributed by atoms with van der Waals surface area (Å²) in [5, 5.41) is 5.24. The number of rotatable bonds is 7. The van der Waals surface area contributed by atoms with Gasteiger partial charge in [0.1, 0.15) is 5.82 Å². The molecule has 0 radical (unpaired) electrons. The predicted molar refractivity (Wildman–Crippen MR) is 95.3 cm³/mol. The van der Waals surface area contributed by atoms with Crippen molar-refractivity contribution < 1.29 is 22.8 Å². The van der Waals surface area contributed by atoms with E-state index >= 15 is 0 Å². The molecule has 0 saturated carbocycles. The SMILES string of the molecule is CC(NC(=O)CSCC(=O)Nc1ccc(F)cc1)c1ccc(F)c(F)c1. The van der Waals surface area contributed by atoms with Gasteiger partial charge in [-0.1, -0.05) is 6.07 Å². The maximum absolute atomic E-state index is 13.2. The highest BCUT2D eigenvalue weighted by Crippen LogP contribution is 2.16. The molecule has 138 valence electrons. The molecule has 0 heterocycles. The number of anilines is 1. The van der Waals surface area contributed by atoms with Crippen molar-refractivity contribution in [1.29, 1.82) is 0 Å². The molecule has 0 aromatic heterocycles. The minimum Gasteiger partial charge on any atom is -0.349 e. The van der Waals surface area contributed by atoms with Crippen LogP contribution in [0, 0.1) is 17.5 Å². The first-order valence-corrected chi connectivity index (χ1v) is 8.88. The maximum atomic E-state index is 13.2. The minimum absolute atomic E-state index is 0.0326. The number of hydrogen-bond acceptors (Lipinski definition) is 3. The van der Waals surface area contributed by atoms with Crippen LogP contribution in [-0.2, 0) is 9.59 Å². The van der Waals surface area contributed by atoms with E-state index in [1.54, 1.807) is 6.92 Å². The largest absolute Gasteiger partial charge is 0.349 e. The van der Waals surface area contributed by atoms with Gasteiger partial charge in [0, 0.05) is 5.69 Å². The quantitative estimate of drug-likeness (QED) is 0.769.